The quantitative estimate of drug-likeness (QED) is 0.276. The number of phenolic OH excluding ortho intramolecular Hbond substituents is 1. The van der Waals surface area contributed by atoms with Gasteiger partial charge < -0.3 is 20.5 Å². The third kappa shape index (κ3) is 4.67. The number of esters is 1. The van der Waals surface area contributed by atoms with Crippen molar-refractivity contribution >= 4 is 41.1 Å². The summed E-state index contributed by atoms with van der Waals surface area (Å²) in [5.41, 5.74) is 1.22. The van der Waals surface area contributed by atoms with Gasteiger partial charge in [-0.15, -0.1) is 11.8 Å². The molecule has 10 heteroatoms. The number of nitrogens with one attached hydrogen (secondary N) is 2. The highest BCUT2D eigenvalue weighted by Gasteiger charge is 2.55. The molecule has 1 aromatic rings. The fourth-order valence-electron chi connectivity index (χ4n) is 7.81. The van der Waals surface area contributed by atoms with Gasteiger partial charge in [-0.05, 0) is 86.0 Å². The molecule has 202 valence electrons. The van der Waals surface area contributed by atoms with Crippen molar-refractivity contribution in [1.29, 1.82) is 0 Å². The van der Waals surface area contributed by atoms with Crippen LogP contribution in [0, 0.1) is 23.2 Å². The standard InChI is InChI=1S/C28H33N3O6S/c1-15(32)37-13-19-14-38-27-23(26(36)31(27)24(19)25(35)29-20-2-4-21(33)5-3-20)30-22(34)12-28-9-16-6-17(10-28)8-18(7-16)11-28/h2-5,16-18,23,27,33H,6-14H2,1H3,(H,29,35)(H,30,34)/t16?,17?,18?,23-,27-,28?/m1/s1. The van der Waals surface area contributed by atoms with Gasteiger partial charge in [-0.2, -0.15) is 0 Å². The maximum atomic E-state index is 13.3. The van der Waals surface area contributed by atoms with Crippen molar-refractivity contribution < 1.29 is 29.0 Å². The number of ether oxygens (including phenoxy) is 1. The van der Waals surface area contributed by atoms with Crippen LogP contribution in [0.4, 0.5) is 5.69 Å². The zero-order chi connectivity index (χ0) is 26.6. The number of nitrogens with zero attached hydrogens (tertiary/aromatic N) is 1. The predicted octanol–water partition coefficient (Wildman–Crippen LogP) is 3.15. The fraction of sp³-hybridized carbons (Fsp3) is 0.571. The number of fused-ring (bicyclic) bond motifs is 1. The average Bonchev–Trinajstić information content (AvgIpc) is 2.85. The van der Waals surface area contributed by atoms with Crippen LogP contribution in [0.2, 0.25) is 0 Å². The summed E-state index contributed by atoms with van der Waals surface area (Å²) in [6.07, 6.45) is 7.78. The van der Waals surface area contributed by atoms with Crippen LogP contribution < -0.4 is 10.6 Å². The van der Waals surface area contributed by atoms with Gasteiger partial charge in [-0.3, -0.25) is 24.1 Å². The van der Waals surface area contributed by atoms with Crippen LogP contribution in [0.1, 0.15) is 51.9 Å². The van der Waals surface area contributed by atoms with Crippen LogP contribution in [0.5, 0.6) is 5.75 Å². The van der Waals surface area contributed by atoms with Gasteiger partial charge in [0.1, 0.15) is 29.5 Å². The number of anilines is 1. The summed E-state index contributed by atoms with van der Waals surface area (Å²) in [6.45, 7) is 1.19. The first-order chi connectivity index (χ1) is 18.2. The van der Waals surface area contributed by atoms with E-state index in [0.29, 0.717) is 23.4 Å². The second-order valence-corrected chi connectivity index (χ2v) is 12.9. The molecule has 6 aliphatic rings. The number of carbonyl (C=O) groups is 4. The maximum Gasteiger partial charge on any atom is 0.302 e. The van der Waals surface area contributed by atoms with Crippen LogP contribution in [-0.2, 0) is 23.9 Å². The Morgan fingerprint density at radius 2 is 1.71 bits per heavy atom. The lowest BCUT2D eigenvalue weighted by Crippen LogP contribution is -2.71. The zero-order valence-electron chi connectivity index (χ0n) is 21.4. The topological polar surface area (TPSA) is 125 Å². The highest BCUT2D eigenvalue weighted by atomic mass is 32.2. The third-order valence-electron chi connectivity index (χ3n) is 8.85. The summed E-state index contributed by atoms with van der Waals surface area (Å²) in [5.74, 6) is 1.31. The van der Waals surface area contributed by atoms with Crippen molar-refractivity contribution in [2.75, 3.05) is 17.7 Å². The molecule has 0 radical (unpaired) electrons. The number of carbonyl (C=O) groups excluding carboxylic acids is 4. The Hall–Kier alpha value is -3.01. The van der Waals surface area contributed by atoms with Gasteiger partial charge in [0.25, 0.3) is 11.8 Å². The first-order valence-corrected chi connectivity index (χ1v) is 14.4. The Labute approximate surface area is 225 Å². The summed E-state index contributed by atoms with van der Waals surface area (Å²) in [5, 5.41) is 14.9. The molecule has 7 rings (SSSR count). The molecular weight excluding hydrogens is 506 g/mol. The van der Waals surface area contributed by atoms with E-state index in [1.807, 2.05) is 0 Å². The predicted molar refractivity (Wildman–Crippen MR) is 141 cm³/mol. The number of thioether (sulfide) groups is 1. The monoisotopic (exact) mass is 539 g/mol. The van der Waals surface area contributed by atoms with Gasteiger partial charge >= 0.3 is 5.97 Å². The Bertz CT molecular complexity index is 1180. The smallest absolute Gasteiger partial charge is 0.302 e. The number of benzene rings is 1. The number of β-lactam (4-membered cyclic amide) rings is 1. The van der Waals surface area contributed by atoms with Crippen molar-refractivity contribution in [2.45, 2.75) is 63.3 Å². The van der Waals surface area contributed by atoms with Crippen molar-refractivity contribution in [3.05, 3.63) is 35.5 Å². The number of phenols is 1. The van der Waals surface area contributed by atoms with E-state index >= 15 is 0 Å². The molecule has 1 aromatic carbocycles. The summed E-state index contributed by atoms with van der Waals surface area (Å²) in [7, 11) is 0. The molecule has 4 saturated carbocycles. The SMILES string of the molecule is CC(=O)OCC1=C(C(=O)Nc2ccc(O)cc2)N2C(=O)[C@@H](NC(=O)CC34CC5CC(CC(C5)C3)C4)[C@H]2SC1. The number of amides is 3. The van der Waals surface area contributed by atoms with E-state index < -0.39 is 23.3 Å². The Balaban J connectivity index is 1.16. The summed E-state index contributed by atoms with van der Waals surface area (Å²) in [4.78, 5) is 52.7. The summed E-state index contributed by atoms with van der Waals surface area (Å²) < 4.78 is 5.17. The number of rotatable bonds is 7. The highest BCUT2D eigenvalue weighted by Crippen LogP contribution is 2.61. The lowest BCUT2D eigenvalue weighted by Gasteiger charge is -2.57. The van der Waals surface area contributed by atoms with E-state index in [-0.39, 0.29) is 35.3 Å². The second kappa shape index (κ2) is 9.63. The molecule has 2 atom stereocenters. The lowest BCUT2D eigenvalue weighted by atomic mass is 9.49. The first kappa shape index (κ1) is 25.3. The molecule has 5 fully saturated rings. The number of hydrogen-bond acceptors (Lipinski definition) is 7. The molecule has 0 unspecified atom stereocenters. The molecule has 9 nitrogen and oxygen atoms in total. The molecule has 0 spiro atoms. The summed E-state index contributed by atoms with van der Waals surface area (Å²) >= 11 is 1.45. The van der Waals surface area contributed by atoms with Gasteiger partial charge in [0.2, 0.25) is 5.91 Å². The maximum absolute atomic E-state index is 13.3. The van der Waals surface area contributed by atoms with Gasteiger partial charge in [0, 0.05) is 30.4 Å². The van der Waals surface area contributed by atoms with Gasteiger partial charge in [0.15, 0.2) is 0 Å². The normalized spacial score (nSPS) is 32.9. The molecule has 2 heterocycles. The van der Waals surface area contributed by atoms with Gasteiger partial charge in [0.05, 0.1) is 0 Å². The molecule has 4 aliphatic carbocycles. The van der Waals surface area contributed by atoms with Crippen LogP contribution in [-0.4, -0.2) is 57.5 Å². The van der Waals surface area contributed by atoms with Crippen LogP contribution >= 0.6 is 11.8 Å². The van der Waals surface area contributed by atoms with Crippen molar-refractivity contribution in [3.8, 4) is 5.75 Å². The van der Waals surface area contributed by atoms with E-state index in [4.69, 9.17) is 4.74 Å². The third-order valence-corrected chi connectivity index (χ3v) is 10.2. The van der Waals surface area contributed by atoms with E-state index in [2.05, 4.69) is 10.6 Å². The molecule has 4 bridgehead atoms. The Morgan fingerprint density at radius 3 is 2.32 bits per heavy atom. The molecule has 0 aromatic heterocycles. The molecular formula is C28H33N3O6S. The van der Waals surface area contributed by atoms with E-state index in [0.717, 1.165) is 37.0 Å². The van der Waals surface area contributed by atoms with Gasteiger partial charge in [-0.25, -0.2) is 0 Å². The van der Waals surface area contributed by atoms with E-state index in [9.17, 15) is 24.3 Å². The lowest BCUT2D eigenvalue weighted by molar-refractivity contribution is -0.148. The molecule has 1 saturated heterocycles. The first-order valence-electron chi connectivity index (χ1n) is 13.4. The van der Waals surface area contributed by atoms with E-state index in [1.165, 1.54) is 55.0 Å². The number of aromatic hydroxyl groups is 1. The van der Waals surface area contributed by atoms with Crippen molar-refractivity contribution in [2.24, 2.45) is 23.2 Å². The van der Waals surface area contributed by atoms with Crippen molar-refractivity contribution in [1.82, 2.24) is 10.2 Å². The van der Waals surface area contributed by atoms with Crippen LogP contribution in [0.3, 0.4) is 0 Å². The largest absolute Gasteiger partial charge is 0.508 e. The molecule has 3 N–H and O–H groups in total. The van der Waals surface area contributed by atoms with Crippen LogP contribution in [0.25, 0.3) is 0 Å². The average molecular weight is 540 g/mol. The summed E-state index contributed by atoms with van der Waals surface area (Å²) in [6, 6.07) is 5.33. The zero-order valence-corrected chi connectivity index (χ0v) is 22.2. The molecule has 2 aliphatic heterocycles. The van der Waals surface area contributed by atoms with Crippen molar-refractivity contribution in [3.63, 3.8) is 0 Å². The minimum absolute atomic E-state index is 0.0666. The molecule has 3 amide bonds. The minimum Gasteiger partial charge on any atom is -0.508 e. The second-order valence-electron chi connectivity index (χ2n) is 11.8. The Kier molecular flexibility index (Phi) is 6.40. The highest BCUT2D eigenvalue weighted by molar-refractivity contribution is 8.00. The minimum atomic E-state index is -0.687. The molecule has 38 heavy (non-hydrogen) atoms. The Morgan fingerprint density at radius 1 is 1.08 bits per heavy atom. The van der Waals surface area contributed by atoms with Crippen LogP contribution in [0.15, 0.2) is 35.5 Å². The van der Waals surface area contributed by atoms with E-state index in [1.54, 1.807) is 12.1 Å². The fourth-order valence-corrected chi connectivity index (χ4v) is 9.13. The number of hydrogen-bond donors (Lipinski definition) is 3. The van der Waals surface area contributed by atoms with Gasteiger partial charge in [-0.1, -0.05) is 0 Å².